The summed E-state index contributed by atoms with van der Waals surface area (Å²) < 4.78 is 35.6. The van der Waals surface area contributed by atoms with Gasteiger partial charge in [0.15, 0.2) is 0 Å². The van der Waals surface area contributed by atoms with Crippen LogP contribution in [0.15, 0.2) is 0 Å². The van der Waals surface area contributed by atoms with Crippen molar-refractivity contribution in [2.45, 2.75) is 96.6 Å². The van der Waals surface area contributed by atoms with E-state index in [0.717, 1.165) is 19.3 Å². The van der Waals surface area contributed by atoms with Gasteiger partial charge >= 0.3 is 6.18 Å². The molecule has 0 aliphatic rings. The van der Waals surface area contributed by atoms with Gasteiger partial charge in [-0.25, -0.2) is 0 Å². The minimum Gasteiger partial charge on any atom is -0.171 e. The molecule has 0 N–H and O–H groups in total. The highest BCUT2D eigenvalue weighted by Gasteiger charge is 2.25. The van der Waals surface area contributed by atoms with Gasteiger partial charge in [0, 0.05) is 6.42 Å². The van der Waals surface area contributed by atoms with Gasteiger partial charge in [0.2, 0.25) is 0 Å². The van der Waals surface area contributed by atoms with Crippen molar-refractivity contribution in [1.82, 2.24) is 0 Å². The fraction of sp³-hybridized carbons (Fsp3) is 1.00. The normalized spacial score (nSPS) is 12.0. The van der Waals surface area contributed by atoms with Crippen LogP contribution in [0.1, 0.15) is 90.4 Å². The van der Waals surface area contributed by atoms with Crippen LogP contribution in [0.3, 0.4) is 0 Å². The standard InChI is InChI=1S/C15H29F3/c1-2-3-4-5-6-7-8-9-10-11-12-13-14-15(16,17)18/h2-14H2,1H3. The highest BCUT2D eigenvalue weighted by molar-refractivity contribution is 4.52. The van der Waals surface area contributed by atoms with Gasteiger partial charge in [-0.1, -0.05) is 77.6 Å². The Morgan fingerprint density at radius 1 is 0.556 bits per heavy atom. The summed E-state index contributed by atoms with van der Waals surface area (Å²) in [6.07, 6.45) is 8.95. The number of unbranched alkanes of at least 4 members (excludes halogenated alkanes) is 11. The van der Waals surface area contributed by atoms with Gasteiger partial charge in [-0.3, -0.25) is 0 Å². The van der Waals surface area contributed by atoms with Gasteiger partial charge in [0.05, 0.1) is 0 Å². The fourth-order valence-corrected chi connectivity index (χ4v) is 2.17. The number of halogens is 3. The Labute approximate surface area is 110 Å². The lowest BCUT2D eigenvalue weighted by Crippen LogP contribution is -2.06. The third-order valence-electron chi connectivity index (χ3n) is 3.31. The molecule has 0 rings (SSSR count). The van der Waals surface area contributed by atoms with Crippen LogP contribution in [-0.2, 0) is 0 Å². The highest BCUT2D eigenvalue weighted by atomic mass is 19.4. The second-order valence-electron chi connectivity index (χ2n) is 5.25. The predicted octanol–water partition coefficient (Wildman–Crippen LogP) is 6.64. The monoisotopic (exact) mass is 266 g/mol. The Morgan fingerprint density at radius 3 is 1.22 bits per heavy atom. The second kappa shape index (κ2) is 11.9. The lowest BCUT2D eigenvalue weighted by Gasteiger charge is -2.05. The molecule has 0 aromatic rings. The van der Waals surface area contributed by atoms with Crippen LogP contribution in [0, 0.1) is 0 Å². The summed E-state index contributed by atoms with van der Waals surface area (Å²) in [5.74, 6) is 0. The molecule has 3 heteroatoms. The van der Waals surface area contributed by atoms with Gasteiger partial charge < -0.3 is 0 Å². The molecule has 0 aliphatic carbocycles. The molecule has 0 unspecified atom stereocenters. The van der Waals surface area contributed by atoms with Gasteiger partial charge in [0.1, 0.15) is 0 Å². The number of hydrogen-bond donors (Lipinski definition) is 0. The Kier molecular flexibility index (Phi) is 11.7. The van der Waals surface area contributed by atoms with Crippen molar-refractivity contribution in [2.75, 3.05) is 0 Å². The molecule has 0 radical (unpaired) electrons. The maximum Gasteiger partial charge on any atom is 0.389 e. The maximum atomic E-state index is 11.9. The molecule has 0 amide bonds. The molecular formula is C15H29F3. The zero-order chi connectivity index (χ0) is 13.7. The quantitative estimate of drug-likeness (QED) is 0.347. The van der Waals surface area contributed by atoms with E-state index in [0.29, 0.717) is 6.42 Å². The molecule has 0 saturated heterocycles. The summed E-state index contributed by atoms with van der Waals surface area (Å²) in [4.78, 5) is 0. The summed E-state index contributed by atoms with van der Waals surface area (Å²) in [5.41, 5.74) is 0. The van der Waals surface area contributed by atoms with Gasteiger partial charge in [-0.15, -0.1) is 0 Å². The summed E-state index contributed by atoms with van der Waals surface area (Å²) in [7, 11) is 0. The van der Waals surface area contributed by atoms with Crippen molar-refractivity contribution in [1.29, 1.82) is 0 Å². The largest absolute Gasteiger partial charge is 0.389 e. The van der Waals surface area contributed by atoms with E-state index >= 15 is 0 Å². The number of alkyl halides is 3. The van der Waals surface area contributed by atoms with Crippen molar-refractivity contribution >= 4 is 0 Å². The summed E-state index contributed by atoms with van der Waals surface area (Å²) in [5, 5.41) is 0. The first kappa shape index (κ1) is 17.8. The number of hydrogen-bond acceptors (Lipinski definition) is 0. The van der Waals surface area contributed by atoms with Crippen LogP contribution in [0.4, 0.5) is 13.2 Å². The van der Waals surface area contributed by atoms with Gasteiger partial charge in [0.25, 0.3) is 0 Å². The number of rotatable bonds is 12. The van der Waals surface area contributed by atoms with Gasteiger partial charge in [-0.05, 0) is 6.42 Å². The zero-order valence-electron chi connectivity index (χ0n) is 11.8. The average molecular weight is 266 g/mol. The van der Waals surface area contributed by atoms with Crippen molar-refractivity contribution < 1.29 is 13.2 Å². The molecule has 0 spiro atoms. The van der Waals surface area contributed by atoms with E-state index in [4.69, 9.17) is 0 Å². The molecule has 0 aromatic heterocycles. The molecule has 0 saturated carbocycles. The van der Waals surface area contributed by atoms with E-state index in [2.05, 4.69) is 6.92 Å². The summed E-state index contributed by atoms with van der Waals surface area (Å²) >= 11 is 0. The Balaban J connectivity index is 2.99. The Morgan fingerprint density at radius 2 is 0.889 bits per heavy atom. The lowest BCUT2D eigenvalue weighted by atomic mass is 10.0. The first-order valence-electron chi connectivity index (χ1n) is 7.63. The fourth-order valence-electron chi connectivity index (χ4n) is 2.17. The van der Waals surface area contributed by atoms with Crippen molar-refractivity contribution in [3.63, 3.8) is 0 Å². The minimum absolute atomic E-state index is 0.306. The lowest BCUT2D eigenvalue weighted by molar-refractivity contribution is -0.135. The molecule has 110 valence electrons. The van der Waals surface area contributed by atoms with E-state index in [9.17, 15) is 13.2 Å². The summed E-state index contributed by atoms with van der Waals surface area (Å²) in [6, 6.07) is 0. The van der Waals surface area contributed by atoms with Crippen molar-refractivity contribution in [3.8, 4) is 0 Å². The SMILES string of the molecule is CCCCCCCCCCCCCCC(F)(F)F. The predicted molar refractivity (Wildman–Crippen MR) is 71.8 cm³/mol. The van der Waals surface area contributed by atoms with E-state index in [-0.39, 0.29) is 0 Å². The average Bonchev–Trinajstić information content (AvgIpc) is 2.29. The van der Waals surface area contributed by atoms with Gasteiger partial charge in [-0.2, -0.15) is 13.2 Å². The Bertz CT molecular complexity index is 164. The third kappa shape index (κ3) is 15.8. The van der Waals surface area contributed by atoms with Crippen LogP contribution in [0.25, 0.3) is 0 Å². The van der Waals surface area contributed by atoms with Crippen molar-refractivity contribution in [2.24, 2.45) is 0 Å². The molecule has 0 aliphatic heterocycles. The second-order valence-corrected chi connectivity index (χ2v) is 5.25. The molecule has 18 heavy (non-hydrogen) atoms. The summed E-state index contributed by atoms with van der Waals surface area (Å²) in [6.45, 7) is 2.22. The topological polar surface area (TPSA) is 0 Å². The van der Waals surface area contributed by atoms with Crippen LogP contribution < -0.4 is 0 Å². The molecule has 0 heterocycles. The Hall–Kier alpha value is -0.210. The zero-order valence-corrected chi connectivity index (χ0v) is 11.8. The third-order valence-corrected chi connectivity index (χ3v) is 3.31. The smallest absolute Gasteiger partial charge is 0.171 e. The van der Waals surface area contributed by atoms with Crippen LogP contribution in [0.2, 0.25) is 0 Å². The van der Waals surface area contributed by atoms with E-state index < -0.39 is 12.6 Å². The van der Waals surface area contributed by atoms with Crippen LogP contribution in [-0.4, -0.2) is 6.18 Å². The first-order chi connectivity index (χ1) is 8.56. The van der Waals surface area contributed by atoms with E-state index in [1.54, 1.807) is 0 Å². The molecule has 0 atom stereocenters. The molecule has 0 aromatic carbocycles. The maximum absolute atomic E-state index is 11.9. The highest BCUT2D eigenvalue weighted by Crippen LogP contribution is 2.23. The molecular weight excluding hydrogens is 237 g/mol. The molecule has 0 bridgehead atoms. The van der Waals surface area contributed by atoms with Crippen LogP contribution >= 0.6 is 0 Å². The van der Waals surface area contributed by atoms with E-state index in [1.807, 2.05) is 0 Å². The van der Waals surface area contributed by atoms with Crippen LogP contribution in [0.5, 0.6) is 0 Å². The van der Waals surface area contributed by atoms with Crippen molar-refractivity contribution in [3.05, 3.63) is 0 Å². The van der Waals surface area contributed by atoms with E-state index in [1.165, 1.54) is 51.4 Å². The molecule has 0 nitrogen and oxygen atoms in total. The molecule has 0 fully saturated rings. The first-order valence-corrected chi connectivity index (χ1v) is 7.63. The minimum atomic E-state index is -3.96.